The van der Waals surface area contributed by atoms with E-state index in [9.17, 15) is 18.4 Å². The molecule has 2 aliphatic rings. The molecule has 5 nitrogen and oxygen atoms in total. The number of fused-ring (bicyclic) bond motifs is 1. The number of para-hydroxylation sites is 1. The molecule has 0 radical (unpaired) electrons. The molecule has 30 heavy (non-hydrogen) atoms. The molecule has 0 aromatic heterocycles. The molecule has 3 aromatic rings. The van der Waals surface area contributed by atoms with E-state index in [0.717, 1.165) is 4.90 Å². The molecule has 0 aliphatic carbocycles. The summed E-state index contributed by atoms with van der Waals surface area (Å²) in [4.78, 5) is 33.4. The zero-order chi connectivity index (χ0) is 20.8. The number of hydrogen-bond acceptors (Lipinski definition) is 4. The van der Waals surface area contributed by atoms with Crippen molar-refractivity contribution in [3.63, 3.8) is 0 Å². The van der Waals surface area contributed by atoms with Crippen LogP contribution in [0.4, 0.5) is 20.2 Å². The van der Waals surface area contributed by atoms with Crippen LogP contribution in [0.1, 0.15) is 11.6 Å². The molecule has 2 saturated heterocycles. The summed E-state index contributed by atoms with van der Waals surface area (Å²) in [6, 6.07) is 19.4. The van der Waals surface area contributed by atoms with Gasteiger partial charge in [0.25, 0.3) is 5.91 Å². The Morgan fingerprint density at radius 1 is 0.700 bits per heavy atom. The van der Waals surface area contributed by atoms with Crippen LogP contribution in [-0.2, 0) is 14.4 Å². The summed E-state index contributed by atoms with van der Waals surface area (Å²) in [5.41, 5.74) is 1.61. The maximum absolute atomic E-state index is 13.5. The highest BCUT2D eigenvalue weighted by Gasteiger charge is 2.60. The topological polar surface area (TPSA) is 49.9 Å². The van der Waals surface area contributed by atoms with Crippen LogP contribution in [-0.4, -0.2) is 17.9 Å². The van der Waals surface area contributed by atoms with E-state index in [1.54, 1.807) is 17.2 Å². The van der Waals surface area contributed by atoms with E-state index in [1.807, 2.05) is 30.3 Å². The first-order valence-corrected chi connectivity index (χ1v) is 9.44. The van der Waals surface area contributed by atoms with E-state index >= 15 is 0 Å². The Morgan fingerprint density at radius 2 is 1.30 bits per heavy atom. The molecular weight excluding hydrogens is 390 g/mol. The van der Waals surface area contributed by atoms with E-state index in [-0.39, 0.29) is 5.69 Å². The summed E-state index contributed by atoms with van der Waals surface area (Å²) in [6.45, 7) is 0. The SMILES string of the molecule is O=C1[C@@H]2[C@@H](c3ccc(F)cc3)N(c3ccccc3)O[C@H]2C(=O)N1c1ccc(F)cc1. The van der Waals surface area contributed by atoms with Gasteiger partial charge in [-0.3, -0.25) is 14.4 Å². The molecule has 3 aromatic carbocycles. The number of hydrogen-bond donors (Lipinski definition) is 0. The van der Waals surface area contributed by atoms with E-state index in [2.05, 4.69) is 0 Å². The molecule has 0 N–H and O–H groups in total. The molecular formula is C23H16F2N2O3. The van der Waals surface area contributed by atoms with Gasteiger partial charge in [-0.1, -0.05) is 30.3 Å². The average molecular weight is 406 g/mol. The normalized spacial score (nSPS) is 23.2. The molecule has 2 amide bonds. The van der Waals surface area contributed by atoms with Crippen molar-refractivity contribution >= 4 is 23.2 Å². The van der Waals surface area contributed by atoms with Crippen LogP contribution in [0, 0.1) is 17.6 Å². The zero-order valence-corrected chi connectivity index (χ0v) is 15.6. The molecule has 2 aliphatic heterocycles. The van der Waals surface area contributed by atoms with Gasteiger partial charge < -0.3 is 0 Å². The van der Waals surface area contributed by atoms with Gasteiger partial charge in [-0.2, -0.15) is 0 Å². The maximum Gasteiger partial charge on any atom is 0.266 e. The number of anilines is 2. The zero-order valence-electron chi connectivity index (χ0n) is 15.6. The second-order valence-electron chi connectivity index (χ2n) is 7.20. The van der Waals surface area contributed by atoms with E-state index in [4.69, 9.17) is 4.84 Å². The number of carbonyl (C=O) groups is 2. The molecule has 3 atom stereocenters. The summed E-state index contributed by atoms with van der Waals surface area (Å²) >= 11 is 0. The van der Waals surface area contributed by atoms with Gasteiger partial charge in [-0.25, -0.2) is 18.7 Å². The number of benzene rings is 3. The van der Waals surface area contributed by atoms with Gasteiger partial charge in [0, 0.05) is 0 Å². The van der Waals surface area contributed by atoms with Crippen LogP contribution in [0.5, 0.6) is 0 Å². The second-order valence-corrected chi connectivity index (χ2v) is 7.20. The van der Waals surface area contributed by atoms with Crippen molar-refractivity contribution < 1.29 is 23.2 Å². The first-order chi connectivity index (χ1) is 14.5. The van der Waals surface area contributed by atoms with Crippen molar-refractivity contribution in [3.8, 4) is 0 Å². The predicted octanol–water partition coefficient (Wildman–Crippen LogP) is 4.02. The van der Waals surface area contributed by atoms with E-state index < -0.39 is 41.5 Å². The number of rotatable bonds is 3. The van der Waals surface area contributed by atoms with Gasteiger partial charge in [0.1, 0.15) is 17.6 Å². The monoisotopic (exact) mass is 406 g/mol. The Hall–Kier alpha value is -3.58. The molecule has 5 rings (SSSR count). The van der Waals surface area contributed by atoms with Crippen LogP contribution in [0.2, 0.25) is 0 Å². The van der Waals surface area contributed by atoms with Crippen molar-refractivity contribution in [3.05, 3.63) is 96.1 Å². The first-order valence-electron chi connectivity index (χ1n) is 9.44. The minimum atomic E-state index is -1.03. The van der Waals surface area contributed by atoms with Crippen LogP contribution < -0.4 is 9.96 Å². The minimum Gasteiger partial charge on any atom is -0.273 e. The van der Waals surface area contributed by atoms with Crippen LogP contribution in [0.15, 0.2) is 78.9 Å². The molecule has 0 spiro atoms. The Kier molecular flexibility index (Phi) is 4.33. The largest absolute Gasteiger partial charge is 0.273 e. The standard InChI is InChI=1S/C23H16F2N2O3/c24-15-8-6-14(7-9-15)20-19-21(30-27(20)18-4-2-1-3-5-18)23(29)26(22(19)28)17-12-10-16(25)11-13-17/h1-13,19-21H/t19-,20-,21-/m1/s1. The van der Waals surface area contributed by atoms with Gasteiger partial charge in [0.15, 0.2) is 6.10 Å². The lowest BCUT2D eigenvalue weighted by Crippen LogP contribution is -2.37. The number of carbonyl (C=O) groups excluding carboxylic acids is 2. The van der Waals surface area contributed by atoms with E-state index in [0.29, 0.717) is 11.3 Å². The number of hydroxylamine groups is 1. The highest BCUT2D eigenvalue weighted by molar-refractivity contribution is 6.23. The number of amides is 2. The Balaban J connectivity index is 1.58. The fraction of sp³-hybridized carbons (Fsp3) is 0.130. The van der Waals surface area contributed by atoms with Gasteiger partial charge in [0.05, 0.1) is 17.4 Å². The van der Waals surface area contributed by atoms with Crippen LogP contribution in [0.3, 0.4) is 0 Å². The van der Waals surface area contributed by atoms with Gasteiger partial charge in [-0.15, -0.1) is 0 Å². The summed E-state index contributed by atoms with van der Waals surface area (Å²) in [7, 11) is 0. The van der Waals surface area contributed by atoms with Gasteiger partial charge >= 0.3 is 0 Å². The van der Waals surface area contributed by atoms with Crippen molar-refractivity contribution in [2.45, 2.75) is 12.1 Å². The number of halogens is 2. The van der Waals surface area contributed by atoms with Crippen molar-refractivity contribution in [2.75, 3.05) is 9.96 Å². The lowest BCUT2D eigenvalue weighted by molar-refractivity contribution is -0.126. The molecule has 150 valence electrons. The Morgan fingerprint density at radius 3 is 1.93 bits per heavy atom. The quantitative estimate of drug-likeness (QED) is 0.617. The Bertz CT molecular complexity index is 1100. The number of nitrogens with zero attached hydrogens (tertiary/aromatic N) is 2. The Labute approximate surface area is 171 Å². The van der Waals surface area contributed by atoms with Crippen molar-refractivity contribution in [1.29, 1.82) is 0 Å². The smallest absolute Gasteiger partial charge is 0.266 e. The molecule has 0 bridgehead atoms. The third kappa shape index (κ3) is 2.86. The lowest BCUT2D eigenvalue weighted by Gasteiger charge is -2.28. The fourth-order valence-electron chi connectivity index (χ4n) is 4.06. The third-order valence-electron chi connectivity index (χ3n) is 5.42. The highest BCUT2D eigenvalue weighted by Crippen LogP contribution is 2.47. The average Bonchev–Trinajstić information content (AvgIpc) is 3.27. The molecule has 2 heterocycles. The van der Waals surface area contributed by atoms with Gasteiger partial charge in [-0.05, 0) is 54.1 Å². The fourth-order valence-corrected chi connectivity index (χ4v) is 4.06. The summed E-state index contributed by atoms with van der Waals surface area (Å²) in [5.74, 6) is -2.64. The predicted molar refractivity (Wildman–Crippen MR) is 105 cm³/mol. The van der Waals surface area contributed by atoms with Crippen LogP contribution in [0.25, 0.3) is 0 Å². The van der Waals surface area contributed by atoms with Crippen LogP contribution >= 0.6 is 0 Å². The minimum absolute atomic E-state index is 0.286. The molecule has 7 heteroatoms. The van der Waals surface area contributed by atoms with E-state index in [1.165, 1.54) is 36.4 Å². The molecule has 0 saturated carbocycles. The summed E-state index contributed by atoms with van der Waals surface area (Å²) in [6.07, 6.45) is -1.03. The second kappa shape index (κ2) is 7.03. The molecule has 2 fully saturated rings. The number of imide groups is 1. The van der Waals surface area contributed by atoms with Crippen molar-refractivity contribution in [1.82, 2.24) is 0 Å². The first kappa shape index (κ1) is 18.4. The summed E-state index contributed by atoms with van der Waals surface area (Å²) in [5, 5.41) is 1.54. The lowest BCUT2D eigenvalue weighted by atomic mass is 9.90. The summed E-state index contributed by atoms with van der Waals surface area (Å²) < 4.78 is 26.8. The van der Waals surface area contributed by atoms with Crippen molar-refractivity contribution in [2.24, 2.45) is 5.92 Å². The molecule has 0 unspecified atom stereocenters. The maximum atomic E-state index is 13.5. The highest BCUT2D eigenvalue weighted by atomic mass is 19.1. The van der Waals surface area contributed by atoms with Gasteiger partial charge in [0.2, 0.25) is 5.91 Å². The third-order valence-corrected chi connectivity index (χ3v) is 5.42.